The highest BCUT2D eigenvalue weighted by atomic mass is 16.2. The fraction of sp³-hybridized carbons (Fsp3) is 0.467. The number of nitrogen functional groups attached to an aromatic ring is 1. The Bertz CT molecular complexity index is 501. The Morgan fingerprint density at radius 3 is 2.71 bits per heavy atom. The Kier molecular flexibility index (Phi) is 5.16. The van der Waals surface area contributed by atoms with Gasteiger partial charge < -0.3 is 21.3 Å². The van der Waals surface area contributed by atoms with E-state index in [0.717, 1.165) is 25.9 Å². The van der Waals surface area contributed by atoms with E-state index in [9.17, 15) is 9.59 Å². The van der Waals surface area contributed by atoms with Crippen molar-refractivity contribution in [2.45, 2.75) is 18.9 Å². The molecule has 1 aromatic rings. The molecule has 0 radical (unpaired) electrons. The number of piperidine rings is 1. The number of likely N-dealkylation sites (N-methyl/N-ethyl adjacent to an activating group) is 1. The molecule has 0 aliphatic carbocycles. The second-order valence-corrected chi connectivity index (χ2v) is 5.47. The van der Waals surface area contributed by atoms with Crippen molar-refractivity contribution in [3.05, 3.63) is 29.8 Å². The van der Waals surface area contributed by atoms with Crippen LogP contribution in [0.4, 0.5) is 5.69 Å². The number of nitrogens with two attached hydrogens (primary N) is 1. The molecule has 0 saturated carbocycles. The lowest BCUT2D eigenvalue weighted by atomic mass is 10.1. The Hall–Kier alpha value is -2.08. The molecular weight excluding hydrogens is 268 g/mol. The molecule has 114 valence electrons. The van der Waals surface area contributed by atoms with Crippen LogP contribution in [0.2, 0.25) is 0 Å². The van der Waals surface area contributed by atoms with E-state index in [-0.39, 0.29) is 24.4 Å². The van der Waals surface area contributed by atoms with Crippen LogP contribution in [0.1, 0.15) is 23.2 Å². The first-order valence-electron chi connectivity index (χ1n) is 7.16. The highest BCUT2D eigenvalue weighted by Crippen LogP contribution is 2.07. The van der Waals surface area contributed by atoms with Crippen molar-refractivity contribution in [1.82, 2.24) is 15.5 Å². The number of likely N-dealkylation sites (tertiary alicyclic amines) is 1. The maximum Gasteiger partial charge on any atom is 0.251 e. The molecule has 1 aromatic carbocycles. The molecule has 6 heteroatoms. The maximum atomic E-state index is 11.9. The molecule has 1 saturated heterocycles. The number of benzene rings is 1. The fourth-order valence-corrected chi connectivity index (χ4v) is 2.46. The number of carbonyl (C=O) groups is 2. The Morgan fingerprint density at radius 1 is 1.33 bits per heavy atom. The third-order valence-corrected chi connectivity index (χ3v) is 3.57. The van der Waals surface area contributed by atoms with Gasteiger partial charge in [0, 0.05) is 23.8 Å². The van der Waals surface area contributed by atoms with Crippen molar-refractivity contribution in [3.8, 4) is 0 Å². The van der Waals surface area contributed by atoms with Gasteiger partial charge in [0.15, 0.2) is 0 Å². The SMILES string of the molecule is CN1CCCC(NC(=O)CNC(=O)c2ccc(N)cc2)C1. The molecular formula is C15H22N4O2. The number of hydrogen-bond donors (Lipinski definition) is 3. The van der Waals surface area contributed by atoms with Gasteiger partial charge in [-0.1, -0.05) is 0 Å². The van der Waals surface area contributed by atoms with Crippen LogP contribution >= 0.6 is 0 Å². The topological polar surface area (TPSA) is 87.5 Å². The van der Waals surface area contributed by atoms with Crippen LogP contribution in [-0.2, 0) is 4.79 Å². The van der Waals surface area contributed by atoms with E-state index in [1.54, 1.807) is 24.3 Å². The smallest absolute Gasteiger partial charge is 0.251 e. The maximum absolute atomic E-state index is 11.9. The number of hydrogen-bond acceptors (Lipinski definition) is 4. The molecule has 4 N–H and O–H groups in total. The summed E-state index contributed by atoms with van der Waals surface area (Å²) in [5.74, 6) is -0.426. The zero-order chi connectivity index (χ0) is 15.2. The second kappa shape index (κ2) is 7.08. The third-order valence-electron chi connectivity index (χ3n) is 3.57. The van der Waals surface area contributed by atoms with Crippen LogP contribution in [0.25, 0.3) is 0 Å². The summed E-state index contributed by atoms with van der Waals surface area (Å²) in [6.07, 6.45) is 2.07. The van der Waals surface area contributed by atoms with E-state index in [0.29, 0.717) is 11.3 Å². The molecule has 1 aliphatic heterocycles. The Balaban J connectivity index is 1.75. The fourth-order valence-electron chi connectivity index (χ4n) is 2.46. The van der Waals surface area contributed by atoms with Gasteiger partial charge in [0.25, 0.3) is 5.91 Å². The number of rotatable bonds is 4. The average molecular weight is 290 g/mol. The number of nitrogens with one attached hydrogen (secondary N) is 2. The highest BCUT2D eigenvalue weighted by Gasteiger charge is 2.19. The minimum atomic E-state index is -0.272. The van der Waals surface area contributed by atoms with E-state index < -0.39 is 0 Å². The van der Waals surface area contributed by atoms with Crippen LogP contribution in [0, 0.1) is 0 Å². The van der Waals surface area contributed by atoms with Gasteiger partial charge in [-0.05, 0) is 50.7 Å². The summed E-state index contributed by atoms with van der Waals surface area (Å²) in [5.41, 5.74) is 6.66. The van der Waals surface area contributed by atoms with Gasteiger partial charge in [0.1, 0.15) is 0 Å². The van der Waals surface area contributed by atoms with Gasteiger partial charge >= 0.3 is 0 Å². The summed E-state index contributed by atoms with van der Waals surface area (Å²) in [4.78, 5) is 25.9. The lowest BCUT2D eigenvalue weighted by Crippen LogP contribution is -2.49. The minimum absolute atomic E-state index is 0.0105. The van der Waals surface area contributed by atoms with Crippen molar-refractivity contribution in [1.29, 1.82) is 0 Å². The second-order valence-electron chi connectivity index (χ2n) is 5.47. The molecule has 1 atom stereocenters. The van der Waals surface area contributed by atoms with Crippen molar-refractivity contribution >= 4 is 17.5 Å². The molecule has 1 fully saturated rings. The minimum Gasteiger partial charge on any atom is -0.399 e. The zero-order valence-electron chi connectivity index (χ0n) is 12.3. The van der Waals surface area contributed by atoms with Gasteiger partial charge in [-0.15, -0.1) is 0 Å². The molecule has 2 amide bonds. The van der Waals surface area contributed by atoms with Gasteiger partial charge in [0.2, 0.25) is 5.91 Å². The summed E-state index contributed by atoms with van der Waals surface area (Å²) in [6, 6.07) is 6.77. The number of amides is 2. The standard InChI is InChI=1S/C15H22N4O2/c1-19-8-2-3-13(10-19)18-14(20)9-17-15(21)11-4-6-12(16)7-5-11/h4-7,13H,2-3,8-10,16H2,1H3,(H,17,21)(H,18,20). The first-order valence-corrected chi connectivity index (χ1v) is 7.16. The number of carbonyl (C=O) groups excluding carboxylic acids is 2. The summed E-state index contributed by atoms with van der Waals surface area (Å²) < 4.78 is 0. The van der Waals surface area contributed by atoms with Crippen molar-refractivity contribution in [3.63, 3.8) is 0 Å². The van der Waals surface area contributed by atoms with Gasteiger partial charge in [-0.25, -0.2) is 0 Å². The molecule has 1 heterocycles. The summed E-state index contributed by atoms with van der Waals surface area (Å²) in [6.45, 7) is 1.92. The van der Waals surface area contributed by atoms with Crippen LogP contribution in [-0.4, -0.2) is 49.4 Å². The molecule has 0 spiro atoms. The quantitative estimate of drug-likeness (QED) is 0.692. The van der Waals surface area contributed by atoms with Gasteiger partial charge in [-0.2, -0.15) is 0 Å². The molecule has 0 aromatic heterocycles. The number of nitrogens with zero attached hydrogens (tertiary/aromatic N) is 1. The monoisotopic (exact) mass is 290 g/mol. The van der Waals surface area contributed by atoms with Crippen molar-refractivity contribution in [2.75, 3.05) is 32.4 Å². The van der Waals surface area contributed by atoms with E-state index in [4.69, 9.17) is 5.73 Å². The molecule has 2 rings (SSSR count). The molecule has 0 bridgehead atoms. The lowest BCUT2D eigenvalue weighted by Gasteiger charge is -2.30. The predicted molar refractivity (Wildman–Crippen MR) is 81.8 cm³/mol. The number of anilines is 1. The predicted octanol–water partition coefficient (Wildman–Crippen LogP) is 0.209. The molecule has 1 unspecified atom stereocenters. The van der Waals surface area contributed by atoms with E-state index >= 15 is 0 Å². The van der Waals surface area contributed by atoms with E-state index in [1.807, 2.05) is 7.05 Å². The first-order chi connectivity index (χ1) is 10.0. The first kappa shape index (κ1) is 15.3. The molecule has 21 heavy (non-hydrogen) atoms. The third kappa shape index (κ3) is 4.75. The summed E-state index contributed by atoms with van der Waals surface area (Å²) >= 11 is 0. The van der Waals surface area contributed by atoms with Gasteiger partial charge in [0.05, 0.1) is 6.54 Å². The van der Waals surface area contributed by atoms with Crippen molar-refractivity contribution < 1.29 is 9.59 Å². The van der Waals surface area contributed by atoms with Crippen molar-refractivity contribution in [2.24, 2.45) is 0 Å². The summed E-state index contributed by atoms with van der Waals surface area (Å²) in [5, 5.41) is 5.56. The van der Waals surface area contributed by atoms with Crippen LogP contribution in [0.3, 0.4) is 0 Å². The zero-order valence-corrected chi connectivity index (χ0v) is 12.3. The van der Waals surface area contributed by atoms with E-state index in [2.05, 4.69) is 15.5 Å². The molecule has 6 nitrogen and oxygen atoms in total. The largest absolute Gasteiger partial charge is 0.399 e. The van der Waals surface area contributed by atoms with Gasteiger partial charge in [-0.3, -0.25) is 9.59 Å². The normalized spacial score (nSPS) is 19.0. The highest BCUT2D eigenvalue weighted by molar-refractivity contribution is 5.96. The molecule has 1 aliphatic rings. The van der Waals surface area contributed by atoms with Crippen LogP contribution in [0.5, 0.6) is 0 Å². The van der Waals surface area contributed by atoms with Crippen LogP contribution < -0.4 is 16.4 Å². The Labute approximate surface area is 124 Å². The average Bonchev–Trinajstić information content (AvgIpc) is 2.45. The Morgan fingerprint density at radius 2 is 2.05 bits per heavy atom. The summed E-state index contributed by atoms with van der Waals surface area (Å²) in [7, 11) is 2.04. The van der Waals surface area contributed by atoms with E-state index in [1.165, 1.54) is 0 Å². The lowest BCUT2D eigenvalue weighted by molar-refractivity contribution is -0.121. The van der Waals surface area contributed by atoms with Crippen LogP contribution in [0.15, 0.2) is 24.3 Å².